The van der Waals surface area contributed by atoms with Crippen molar-refractivity contribution in [3.8, 4) is 17.3 Å². The number of hydrogen-bond acceptors (Lipinski definition) is 7. The first-order valence-corrected chi connectivity index (χ1v) is 7.36. The summed E-state index contributed by atoms with van der Waals surface area (Å²) in [6.45, 7) is 0. The molecule has 2 N–H and O–H groups in total. The second-order valence-electron chi connectivity index (χ2n) is 5.11. The molecule has 1 amide bonds. The van der Waals surface area contributed by atoms with Crippen LogP contribution >= 0.6 is 0 Å². The molecule has 0 aromatic carbocycles. The third-order valence-corrected chi connectivity index (χ3v) is 3.18. The van der Waals surface area contributed by atoms with Gasteiger partial charge in [-0.25, -0.2) is 15.0 Å². The zero-order valence-electron chi connectivity index (χ0n) is 13.3. The van der Waals surface area contributed by atoms with Crippen molar-refractivity contribution in [2.45, 2.75) is 6.42 Å². The summed E-state index contributed by atoms with van der Waals surface area (Å²) in [5, 5.41) is 18.2. The van der Waals surface area contributed by atoms with E-state index >= 15 is 0 Å². The summed E-state index contributed by atoms with van der Waals surface area (Å²) in [6.07, 6.45) is 6.52. The largest absolute Gasteiger partial charge is 0.321 e. The Hall–Kier alpha value is -3.80. The van der Waals surface area contributed by atoms with Crippen LogP contribution in [0.4, 0.5) is 17.5 Å². The zero-order chi connectivity index (χ0) is 17.6. The fourth-order valence-electron chi connectivity index (χ4n) is 2.07. The van der Waals surface area contributed by atoms with Gasteiger partial charge in [-0.2, -0.15) is 10.4 Å². The number of carbonyl (C=O) groups excluding carboxylic acids is 1. The van der Waals surface area contributed by atoms with Crippen molar-refractivity contribution in [1.29, 1.82) is 5.26 Å². The molecule has 9 heteroatoms. The number of nitriles is 1. The number of rotatable bonds is 5. The van der Waals surface area contributed by atoms with Crippen LogP contribution in [-0.2, 0) is 11.8 Å². The molecule has 124 valence electrons. The van der Waals surface area contributed by atoms with E-state index in [1.165, 1.54) is 0 Å². The van der Waals surface area contributed by atoms with Crippen LogP contribution < -0.4 is 10.6 Å². The predicted octanol–water partition coefficient (Wildman–Crippen LogP) is 1.87. The van der Waals surface area contributed by atoms with Gasteiger partial charge in [-0.1, -0.05) is 0 Å². The van der Waals surface area contributed by atoms with Gasteiger partial charge in [-0.15, -0.1) is 0 Å². The number of anilines is 3. The normalized spacial score (nSPS) is 10.1. The number of aromatic nitrogens is 5. The first kappa shape index (κ1) is 16.1. The van der Waals surface area contributed by atoms with Crippen LogP contribution in [0.25, 0.3) is 11.3 Å². The van der Waals surface area contributed by atoms with Crippen LogP contribution in [0.15, 0.2) is 43.0 Å². The highest BCUT2D eigenvalue weighted by Crippen LogP contribution is 2.19. The van der Waals surface area contributed by atoms with E-state index < -0.39 is 5.91 Å². The standard InChI is InChI=1S/C16H14N8O/c1-24-10-12(9-20-24)21-16-18-7-5-13(22-16)11-2-3-14(19-8-11)23-15(25)4-6-17/h2-3,5,7-10H,4H2,1H3,(H,18,21,22)(H,19,23,25). The molecule has 3 aromatic heterocycles. The van der Waals surface area contributed by atoms with Gasteiger partial charge in [0.15, 0.2) is 0 Å². The predicted molar refractivity (Wildman–Crippen MR) is 90.6 cm³/mol. The maximum absolute atomic E-state index is 11.4. The smallest absolute Gasteiger partial charge is 0.239 e. The molecule has 0 aliphatic heterocycles. The lowest BCUT2D eigenvalue weighted by atomic mass is 10.2. The molecule has 0 bridgehead atoms. The van der Waals surface area contributed by atoms with E-state index in [2.05, 4.69) is 30.7 Å². The fraction of sp³-hybridized carbons (Fsp3) is 0.125. The molecular weight excluding hydrogens is 320 g/mol. The highest BCUT2D eigenvalue weighted by molar-refractivity contribution is 5.91. The van der Waals surface area contributed by atoms with Crippen LogP contribution in [0.1, 0.15) is 6.42 Å². The topological polar surface area (TPSA) is 121 Å². The monoisotopic (exact) mass is 334 g/mol. The number of hydrogen-bond donors (Lipinski definition) is 2. The Bertz CT molecular complexity index is 926. The number of nitrogens with one attached hydrogen (secondary N) is 2. The van der Waals surface area contributed by atoms with Gasteiger partial charge in [0.2, 0.25) is 11.9 Å². The van der Waals surface area contributed by atoms with E-state index in [4.69, 9.17) is 5.26 Å². The van der Waals surface area contributed by atoms with Crippen LogP contribution in [-0.4, -0.2) is 30.6 Å². The Morgan fingerprint density at radius 2 is 2.16 bits per heavy atom. The van der Waals surface area contributed by atoms with E-state index in [1.54, 1.807) is 47.5 Å². The Morgan fingerprint density at radius 3 is 2.84 bits per heavy atom. The van der Waals surface area contributed by atoms with Gasteiger partial charge in [0.1, 0.15) is 12.2 Å². The molecule has 0 atom stereocenters. The molecule has 3 heterocycles. The van der Waals surface area contributed by atoms with E-state index in [9.17, 15) is 4.79 Å². The van der Waals surface area contributed by atoms with Crippen molar-refractivity contribution in [3.63, 3.8) is 0 Å². The van der Waals surface area contributed by atoms with Gasteiger partial charge < -0.3 is 10.6 Å². The lowest BCUT2D eigenvalue weighted by Gasteiger charge is -2.06. The van der Waals surface area contributed by atoms with Gasteiger partial charge in [-0.05, 0) is 18.2 Å². The Balaban J connectivity index is 1.74. The Kier molecular flexibility index (Phi) is 4.62. The highest BCUT2D eigenvalue weighted by atomic mass is 16.1. The van der Waals surface area contributed by atoms with Gasteiger partial charge >= 0.3 is 0 Å². The van der Waals surface area contributed by atoms with E-state index in [0.717, 1.165) is 11.3 Å². The summed E-state index contributed by atoms with van der Waals surface area (Å²) in [7, 11) is 1.82. The fourth-order valence-corrected chi connectivity index (χ4v) is 2.07. The van der Waals surface area contributed by atoms with Gasteiger partial charge in [0, 0.05) is 31.2 Å². The number of amides is 1. The minimum absolute atomic E-state index is 0.210. The molecule has 0 aliphatic carbocycles. The summed E-state index contributed by atoms with van der Waals surface area (Å²) < 4.78 is 1.68. The van der Waals surface area contributed by atoms with Gasteiger partial charge in [0.25, 0.3) is 0 Å². The molecule has 3 aromatic rings. The van der Waals surface area contributed by atoms with Crippen molar-refractivity contribution in [2.24, 2.45) is 7.05 Å². The SMILES string of the molecule is Cn1cc(Nc2nccc(-c3ccc(NC(=O)CC#N)nc3)n2)cn1. The van der Waals surface area contributed by atoms with Crippen molar-refractivity contribution >= 4 is 23.4 Å². The average molecular weight is 334 g/mol. The minimum Gasteiger partial charge on any atom is -0.321 e. The van der Waals surface area contributed by atoms with Crippen molar-refractivity contribution in [1.82, 2.24) is 24.7 Å². The van der Waals surface area contributed by atoms with Crippen LogP contribution in [0.2, 0.25) is 0 Å². The van der Waals surface area contributed by atoms with Crippen LogP contribution in [0.3, 0.4) is 0 Å². The summed E-state index contributed by atoms with van der Waals surface area (Å²) in [5.74, 6) is 0.427. The second-order valence-corrected chi connectivity index (χ2v) is 5.11. The third-order valence-electron chi connectivity index (χ3n) is 3.18. The minimum atomic E-state index is -0.396. The maximum Gasteiger partial charge on any atom is 0.239 e. The van der Waals surface area contributed by atoms with Crippen LogP contribution in [0.5, 0.6) is 0 Å². The summed E-state index contributed by atoms with van der Waals surface area (Å²) in [6, 6.07) is 6.98. The molecule has 0 saturated carbocycles. The molecular formula is C16H14N8O. The van der Waals surface area contributed by atoms with Crippen molar-refractivity contribution < 1.29 is 4.79 Å². The lowest BCUT2D eigenvalue weighted by molar-refractivity contribution is -0.115. The van der Waals surface area contributed by atoms with Crippen molar-refractivity contribution in [3.05, 3.63) is 43.0 Å². The Morgan fingerprint density at radius 1 is 1.28 bits per heavy atom. The van der Waals surface area contributed by atoms with Crippen molar-refractivity contribution in [2.75, 3.05) is 10.6 Å². The molecule has 9 nitrogen and oxygen atoms in total. The maximum atomic E-state index is 11.4. The molecule has 0 spiro atoms. The average Bonchev–Trinajstić information content (AvgIpc) is 3.01. The first-order chi connectivity index (χ1) is 12.1. The lowest BCUT2D eigenvalue weighted by Crippen LogP contribution is -2.11. The summed E-state index contributed by atoms with van der Waals surface area (Å²) >= 11 is 0. The third kappa shape index (κ3) is 4.14. The number of nitrogens with zero attached hydrogens (tertiary/aromatic N) is 6. The molecule has 0 radical (unpaired) electrons. The number of aryl methyl sites for hydroxylation is 1. The van der Waals surface area contributed by atoms with E-state index in [1.807, 2.05) is 13.2 Å². The number of pyridine rings is 1. The zero-order valence-corrected chi connectivity index (χ0v) is 13.3. The van der Waals surface area contributed by atoms with Gasteiger partial charge in [0.05, 0.1) is 23.6 Å². The molecule has 0 fully saturated rings. The Labute approximate surface area is 143 Å². The summed E-state index contributed by atoms with van der Waals surface area (Å²) in [5.41, 5.74) is 2.24. The summed E-state index contributed by atoms with van der Waals surface area (Å²) in [4.78, 5) is 24.2. The molecule has 0 unspecified atom stereocenters. The molecule has 3 rings (SSSR count). The van der Waals surface area contributed by atoms with Gasteiger partial charge in [-0.3, -0.25) is 9.48 Å². The highest BCUT2D eigenvalue weighted by Gasteiger charge is 2.06. The van der Waals surface area contributed by atoms with E-state index in [-0.39, 0.29) is 6.42 Å². The van der Waals surface area contributed by atoms with Crippen LogP contribution in [0, 0.1) is 11.3 Å². The van der Waals surface area contributed by atoms with E-state index in [0.29, 0.717) is 17.5 Å². The second kappa shape index (κ2) is 7.18. The molecule has 0 aliphatic rings. The molecule has 0 saturated heterocycles. The number of carbonyl (C=O) groups is 1. The molecule has 25 heavy (non-hydrogen) atoms. The quantitative estimate of drug-likeness (QED) is 0.730. The first-order valence-electron chi connectivity index (χ1n) is 7.36.